The van der Waals surface area contributed by atoms with Gasteiger partial charge in [0.15, 0.2) is 0 Å². The lowest BCUT2D eigenvalue weighted by Gasteiger charge is -2.57. The van der Waals surface area contributed by atoms with Crippen molar-refractivity contribution in [2.45, 2.75) is 32.7 Å². The summed E-state index contributed by atoms with van der Waals surface area (Å²) in [6.07, 6.45) is 2.60. The van der Waals surface area contributed by atoms with E-state index < -0.39 is 0 Å². The van der Waals surface area contributed by atoms with E-state index in [0.29, 0.717) is 5.41 Å². The second kappa shape index (κ2) is 3.00. The molecule has 2 heteroatoms. The third-order valence-electron chi connectivity index (χ3n) is 3.35. The lowest BCUT2D eigenvalue weighted by atomic mass is 9.77. The van der Waals surface area contributed by atoms with Gasteiger partial charge in [-0.25, -0.2) is 0 Å². The minimum Gasteiger partial charge on any atom is -0.380 e. The molecule has 2 aliphatic heterocycles. The molecule has 0 aliphatic carbocycles. The van der Waals surface area contributed by atoms with E-state index in [2.05, 4.69) is 18.7 Å². The molecule has 0 aromatic heterocycles. The monoisotopic (exact) mass is 169 g/mol. The average molecular weight is 169 g/mol. The zero-order valence-electron chi connectivity index (χ0n) is 8.18. The van der Waals surface area contributed by atoms with Gasteiger partial charge in [0.05, 0.1) is 13.2 Å². The maximum absolute atomic E-state index is 5.25. The van der Waals surface area contributed by atoms with Gasteiger partial charge in [0.1, 0.15) is 0 Å². The molecule has 2 fully saturated rings. The molecule has 2 heterocycles. The molecule has 0 radical (unpaired) electrons. The molecular formula is C10H19NO. The summed E-state index contributed by atoms with van der Waals surface area (Å²) >= 11 is 0. The number of hydrogen-bond acceptors (Lipinski definition) is 2. The number of rotatable bonds is 3. The lowest BCUT2D eigenvalue weighted by molar-refractivity contribution is -0.198. The van der Waals surface area contributed by atoms with Crippen molar-refractivity contribution in [2.75, 3.05) is 26.3 Å². The molecular weight excluding hydrogens is 150 g/mol. The van der Waals surface area contributed by atoms with Gasteiger partial charge in [-0.3, -0.25) is 4.90 Å². The van der Waals surface area contributed by atoms with Crippen LogP contribution < -0.4 is 0 Å². The Bertz CT molecular complexity index is 153. The Morgan fingerprint density at radius 1 is 1.25 bits per heavy atom. The van der Waals surface area contributed by atoms with E-state index in [4.69, 9.17) is 4.74 Å². The Morgan fingerprint density at radius 3 is 2.17 bits per heavy atom. The predicted octanol–water partition coefficient (Wildman–Crippen LogP) is 1.51. The van der Waals surface area contributed by atoms with Crippen LogP contribution >= 0.6 is 0 Å². The summed E-state index contributed by atoms with van der Waals surface area (Å²) < 4.78 is 5.25. The number of likely N-dealkylation sites (tertiary alicyclic amines) is 1. The second-order valence-electron chi connectivity index (χ2n) is 4.37. The van der Waals surface area contributed by atoms with Gasteiger partial charge in [-0.05, 0) is 12.8 Å². The first-order valence-corrected chi connectivity index (χ1v) is 5.11. The molecule has 0 N–H and O–H groups in total. The molecule has 0 aromatic carbocycles. The summed E-state index contributed by atoms with van der Waals surface area (Å²) in [5.41, 5.74) is 0.600. The van der Waals surface area contributed by atoms with Crippen molar-refractivity contribution < 1.29 is 4.74 Å². The molecule has 2 nitrogen and oxygen atoms in total. The molecule has 0 atom stereocenters. The summed E-state index contributed by atoms with van der Waals surface area (Å²) in [6, 6.07) is 0.830. The van der Waals surface area contributed by atoms with Gasteiger partial charge in [0.25, 0.3) is 0 Å². The lowest BCUT2D eigenvalue weighted by Crippen LogP contribution is -2.67. The molecule has 1 spiro atoms. The molecule has 12 heavy (non-hydrogen) atoms. The van der Waals surface area contributed by atoms with Crippen LogP contribution in [-0.2, 0) is 4.74 Å². The summed E-state index contributed by atoms with van der Waals surface area (Å²) in [5.74, 6) is 0. The van der Waals surface area contributed by atoms with Crippen LogP contribution in [0, 0.1) is 5.41 Å². The average Bonchev–Trinajstić information content (AvgIpc) is 1.91. The number of ether oxygens (including phenoxy) is 1. The molecule has 0 unspecified atom stereocenters. The van der Waals surface area contributed by atoms with Crippen LogP contribution in [0.25, 0.3) is 0 Å². The number of nitrogens with zero attached hydrogens (tertiary/aromatic N) is 1. The first-order valence-electron chi connectivity index (χ1n) is 5.11. The molecule has 0 saturated carbocycles. The van der Waals surface area contributed by atoms with E-state index in [9.17, 15) is 0 Å². The minimum absolute atomic E-state index is 0.600. The summed E-state index contributed by atoms with van der Waals surface area (Å²) in [7, 11) is 0. The number of hydrogen-bond donors (Lipinski definition) is 0. The second-order valence-corrected chi connectivity index (χ2v) is 4.37. The van der Waals surface area contributed by atoms with Crippen LogP contribution in [0.4, 0.5) is 0 Å². The zero-order chi connectivity index (χ0) is 8.60. The van der Waals surface area contributed by atoms with E-state index in [1.807, 2.05) is 0 Å². The van der Waals surface area contributed by atoms with Gasteiger partial charge in [0.2, 0.25) is 0 Å². The molecule has 70 valence electrons. The standard InChI is InChI=1S/C10H19NO/c1-3-9(4-2)11-5-10(6-11)7-12-8-10/h9H,3-8H2,1-2H3. The van der Waals surface area contributed by atoms with Gasteiger partial charge >= 0.3 is 0 Å². The summed E-state index contributed by atoms with van der Waals surface area (Å²) in [4.78, 5) is 2.61. The van der Waals surface area contributed by atoms with Gasteiger partial charge < -0.3 is 4.74 Å². The Kier molecular flexibility index (Phi) is 2.13. The zero-order valence-corrected chi connectivity index (χ0v) is 8.18. The Labute approximate surface area is 74.9 Å². The predicted molar refractivity (Wildman–Crippen MR) is 49.2 cm³/mol. The highest BCUT2D eigenvalue weighted by Crippen LogP contribution is 2.39. The van der Waals surface area contributed by atoms with Crippen molar-refractivity contribution in [3.8, 4) is 0 Å². The summed E-state index contributed by atoms with van der Waals surface area (Å²) in [6.45, 7) is 9.19. The first-order chi connectivity index (χ1) is 5.79. The SMILES string of the molecule is CCC(CC)N1CC2(COC2)C1. The fourth-order valence-electron chi connectivity index (χ4n) is 2.45. The van der Waals surface area contributed by atoms with Crippen molar-refractivity contribution in [1.29, 1.82) is 0 Å². The summed E-state index contributed by atoms with van der Waals surface area (Å²) in [5, 5.41) is 0. The van der Waals surface area contributed by atoms with E-state index in [-0.39, 0.29) is 0 Å². The van der Waals surface area contributed by atoms with Crippen LogP contribution in [0.5, 0.6) is 0 Å². The van der Waals surface area contributed by atoms with E-state index >= 15 is 0 Å². The van der Waals surface area contributed by atoms with Crippen LogP contribution in [-0.4, -0.2) is 37.2 Å². The van der Waals surface area contributed by atoms with Crippen molar-refractivity contribution >= 4 is 0 Å². The smallest absolute Gasteiger partial charge is 0.0569 e. The maximum atomic E-state index is 5.25. The molecule has 0 bridgehead atoms. The maximum Gasteiger partial charge on any atom is 0.0569 e. The van der Waals surface area contributed by atoms with E-state index in [0.717, 1.165) is 19.3 Å². The van der Waals surface area contributed by atoms with E-state index in [1.165, 1.54) is 25.9 Å². The third kappa shape index (κ3) is 1.17. The fourth-order valence-corrected chi connectivity index (χ4v) is 2.45. The van der Waals surface area contributed by atoms with Crippen LogP contribution in [0.3, 0.4) is 0 Å². The largest absolute Gasteiger partial charge is 0.380 e. The van der Waals surface area contributed by atoms with Gasteiger partial charge in [-0.1, -0.05) is 13.8 Å². The van der Waals surface area contributed by atoms with Crippen LogP contribution in [0.15, 0.2) is 0 Å². The minimum atomic E-state index is 0.600. The highest BCUT2D eigenvalue weighted by molar-refractivity contribution is 5.01. The molecule has 0 aromatic rings. The topological polar surface area (TPSA) is 12.5 Å². The molecule has 0 amide bonds. The molecule has 2 aliphatic rings. The first kappa shape index (κ1) is 8.52. The van der Waals surface area contributed by atoms with Gasteiger partial charge in [0, 0.05) is 24.5 Å². The normalized spacial score (nSPS) is 27.2. The van der Waals surface area contributed by atoms with Crippen LogP contribution in [0.2, 0.25) is 0 Å². The highest BCUT2D eigenvalue weighted by atomic mass is 16.5. The Hall–Kier alpha value is -0.0800. The molecule has 2 rings (SSSR count). The highest BCUT2D eigenvalue weighted by Gasteiger charge is 2.49. The van der Waals surface area contributed by atoms with Crippen LogP contribution in [0.1, 0.15) is 26.7 Å². The van der Waals surface area contributed by atoms with Crippen molar-refractivity contribution in [3.63, 3.8) is 0 Å². The molecule has 2 saturated heterocycles. The van der Waals surface area contributed by atoms with Gasteiger partial charge in [-0.15, -0.1) is 0 Å². The Morgan fingerprint density at radius 2 is 1.83 bits per heavy atom. The van der Waals surface area contributed by atoms with Crippen molar-refractivity contribution in [2.24, 2.45) is 5.41 Å². The quantitative estimate of drug-likeness (QED) is 0.635. The van der Waals surface area contributed by atoms with Crippen molar-refractivity contribution in [3.05, 3.63) is 0 Å². The third-order valence-corrected chi connectivity index (χ3v) is 3.35. The van der Waals surface area contributed by atoms with Crippen molar-refractivity contribution in [1.82, 2.24) is 4.90 Å². The van der Waals surface area contributed by atoms with E-state index in [1.54, 1.807) is 0 Å². The van der Waals surface area contributed by atoms with Gasteiger partial charge in [-0.2, -0.15) is 0 Å². The Balaban J connectivity index is 1.79. The fraction of sp³-hybridized carbons (Fsp3) is 1.00.